The van der Waals surface area contributed by atoms with Gasteiger partial charge in [0.05, 0.1) is 0 Å². The number of benzene rings is 1. The lowest BCUT2D eigenvalue weighted by Gasteiger charge is -1.97. The molecule has 0 radical (unpaired) electrons. The summed E-state index contributed by atoms with van der Waals surface area (Å²) in [7, 11) is 0. The molecular weight excluding hydrogens is 246 g/mol. The normalized spacial score (nSPS) is 10.0. The lowest BCUT2D eigenvalue weighted by molar-refractivity contribution is 0.251. The van der Waals surface area contributed by atoms with Crippen molar-refractivity contribution >= 4 is 23.6 Å². The molecule has 7 nitrogen and oxygen atoms in total. The van der Waals surface area contributed by atoms with Gasteiger partial charge in [-0.15, -0.1) is 5.10 Å². The first kappa shape index (κ1) is 11.4. The van der Waals surface area contributed by atoms with Crippen molar-refractivity contribution in [3.8, 4) is 11.5 Å². The van der Waals surface area contributed by atoms with Crippen LogP contribution < -0.4 is 16.6 Å². The highest BCUT2D eigenvalue weighted by molar-refractivity contribution is 6.30. The fraction of sp³-hybridized carbons (Fsp3) is 0. The zero-order valence-electron chi connectivity index (χ0n) is 8.48. The van der Waals surface area contributed by atoms with E-state index in [2.05, 4.69) is 15.5 Å². The molecule has 1 heterocycles. The van der Waals surface area contributed by atoms with Gasteiger partial charge in [0.15, 0.2) is 0 Å². The number of carbonyl (C=O) groups is 1. The molecule has 0 unspecified atom stereocenters. The van der Waals surface area contributed by atoms with Crippen LogP contribution in [0.25, 0.3) is 11.5 Å². The Kier molecular flexibility index (Phi) is 3.22. The summed E-state index contributed by atoms with van der Waals surface area (Å²) < 4.78 is 5.19. The lowest BCUT2D eigenvalue weighted by Crippen LogP contribution is -2.34. The summed E-state index contributed by atoms with van der Waals surface area (Å²) in [4.78, 5) is 10.9. The van der Waals surface area contributed by atoms with Crippen LogP contribution in [-0.4, -0.2) is 16.2 Å². The molecule has 0 fully saturated rings. The zero-order valence-corrected chi connectivity index (χ0v) is 9.23. The topological polar surface area (TPSA) is 106 Å². The molecule has 0 spiro atoms. The van der Waals surface area contributed by atoms with Crippen molar-refractivity contribution in [2.45, 2.75) is 0 Å². The van der Waals surface area contributed by atoms with Gasteiger partial charge in [0.2, 0.25) is 5.89 Å². The van der Waals surface area contributed by atoms with Gasteiger partial charge >= 0.3 is 12.0 Å². The van der Waals surface area contributed by atoms with Crippen LogP contribution in [0.1, 0.15) is 0 Å². The maximum atomic E-state index is 10.9. The third-order valence-corrected chi connectivity index (χ3v) is 2.12. The molecular formula is C9H8ClN5O2. The molecule has 1 aromatic heterocycles. The van der Waals surface area contributed by atoms with E-state index in [1.54, 1.807) is 24.3 Å². The highest BCUT2D eigenvalue weighted by Gasteiger charge is 2.10. The maximum Gasteiger partial charge on any atom is 0.336 e. The van der Waals surface area contributed by atoms with E-state index in [0.29, 0.717) is 10.6 Å². The van der Waals surface area contributed by atoms with Crippen LogP contribution in [0.5, 0.6) is 0 Å². The minimum Gasteiger partial charge on any atom is -0.403 e. The SMILES string of the molecule is NNC(=O)Nc1nnc(-c2ccc(Cl)cc2)o1. The molecule has 2 rings (SSSR count). The molecule has 0 atom stereocenters. The van der Waals surface area contributed by atoms with Crippen LogP contribution in [0.3, 0.4) is 0 Å². The molecule has 2 amide bonds. The van der Waals surface area contributed by atoms with E-state index in [-0.39, 0.29) is 11.9 Å². The summed E-state index contributed by atoms with van der Waals surface area (Å²) in [5, 5.41) is 10.2. The van der Waals surface area contributed by atoms with Crippen molar-refractivity contribution in [1.29, 1.82) is 0 Å². The van der Waals surface area contributed by atoms with Crippen molar-refractivity contribution in [3.63, 3.8) is 0 Å². The summed E-state index contributed by atoms with van der Waals surface area (Å²) in [5.41, 5.74) is 2.57. The number of carbonyl (C=O) groups excluding carboxylic acids is 1. The molecule has 0 bridgehead atoms. The molecule has 0 saturated carbocycles. The molecule has 8 heteroatoms. The number of hydrogen-bond acceptors (Lipinski definition) is 5. The molecule has 1 aromatic carbocycles. The fourth-order valence-electron chi connectivity index (χ4n) is 1.12. The molecule has 17 heavy (non-hydrogen) atoms. The Bertz CT molecular complexity index is 524. The number of aromatic nitrogens is 2. The Hall–Kier alpha value is -2.12. The van der Waals surface area contributed by atoms with Crippen molar-refractivity contribution in [1.82, 2.24) is 15.6 Å². The Morgan fingerprint density at radius 2 is 2.00 bits per heavy atom. The first-order chi connectivity index (χ1) is 8.19. The second-order valence-corrected chi connectivity index (χ2v) is 3.45. The zero-order chi connectivity index (χ0) is 12.3. The van der Waals surface area contributed by atoms with Gasteiger partial charge in [0.1, 0.15) is 0 Å². The van der Waals surface area contributed by atoms with Gasteiger partial charge in [0, 0.05) is 10.6 Å². The molecule has 4 N–H and O–H groups in total. The van der Waals surface area contributed by atoms with Crippen molar-refractivity contribution in [2.24, 2.45) is 5.84 Å². The van der Waals surface area contributed by atoms with Gasteiger partial charge in [-0.2, -0.15) is 0 Å². The number of hydrazine groups is 1. The largest absolute Gasteiger partial charge is 0.403 e. The van der Waals surface area contributed by atoms with E-state index in [9.17, 15) is 4.79 Å². The minimum absolute atomic E-state index is 0.0436. The van der Waals surface area contributed by atoms with Gasteiger partial charge < -0.3 is 4.42 Å². The molecule has 0 aliphatic carbocycles. The number of halogens is 1. The number of amides is 2. The fourth-order valence-corrected chi connectivity index (χ4v) is 1.24. The van der Waals surface area contributed by atoms with Crippen LogP contribution in [0, 0.1) is 0 Å². The van der Waals surface area contributed by atoms with Gasteiger partial charge in [-0.05, 0) is 24.3 Å². The summed E-state index contributed by atoms with van der Waals surface area (Å²) in [6, 6.07) is 6.15. The molecule has 0 aliphatic rings. The predicted octanol–water partition coefficient (Wildman–Crippen LogP) is 1.39. The van der Waals surface area contributed by atoms with Gasteiger partial charge in [0.25, 0.3) is 0 Å². The van der Waals surface area contributed by atoms with E-state index in [0.717, 1.165) is 0 Å². The summed E-state index contributed by atoms with van der Waals surface area (Å²) in [6.07, 6.45) is 0. The first-order valence-corrected chi connectivity index (χ1v) is 4.94. The third-order valence-electron chi connectivity index (χ3n) is 1.87. The van der Waals surface area contributed by atoms with Gasteiger partial charge in [-0.1, -0.05) is 16.7 Å². The van der Waals surface area contributed by atoms with E-state index in [4.69, 9.17) is 21.9 Å². The molecule has 88 valence electrons. The van der Waals surface area contributed by atoms with Crippen LogP contribution in [-0.2, 0) is 0 Å². The lowest BCUT2D eigenvalue weighted by atomic mass is 10.2. The number of urea groups is 1. The Balaban J connectivity index is 2.18. The maximum absolute atomic E-state index is 10.9. The standard InChI is InChI=1S/C9H8ClN5O2/c10-6-3-1-5(2-4-6)7-14-15-9(17-7)12-8(16)13-11/h1-4H,11H2,(H2,12,13,15,16). The molecule has 0 aliphatic heterocycles. The number of nitrogens with zero attached hydrogens (tertiary/aromatic N) is 2. The number of anilines is 1. The van der Waals surface area contributed by atoms with Crippen LogP contribution in [0.2, 0.25) is 5.02 Å². The molecule has 0 saturated heterocycles. The summed E-state index contributed by atoms with van der Waals surface area (Å²) in [5.74, 6) is 5.16. The Labute approximate surface area is 101 Å². The Morgan fingerprint density at radius 3 is 2.65 bits per heavy atom. The predicted molar refractivity (Wildman–Crippen MR) is 61.1 cm³/mol. The smallest absolute Gasteiger partial charge is 0.336 e. The van der Waals surface area contributed by atoms with E-state index < -0.39 is 6.03 Å². The van der Waals surface area contributed by atoms with E-state index in [1.165, 1.54) is 0 Å². The number of nitrogens with two attached hydrogens (primary N) is 1. The van der Waals surface area contributed by atoms with Crippen LogP contribution >= 0.6 is 11.6 Å². The number of nitrogens with one attached hydrogen (secondary N) is 2. The second-order valence-electron chi connectivity index (χ2n) is 3.02. The summed E-state index contributed by atoms with van der Waals surface area (Å²) in [6.45, 7) is 0. The first-order valence-electron chi connectivity index (χ1n) is 4.56. The van der Waals surface area contributed by atoms with Gasteiger partial charge in [-0.25, -0.2) is 10.6 Å². The van der Waals surface area contributed by atoms with E-state index >= 15 is 0 Å². The van der Waals surface area contributed by atoms with E-state index in [1.807, 2.05) is 5.43 Å². The molecule has 2 aromatic rings. The average Bonchev–Trinajstić information content (AvgIpc) is 2.78. The second kappa shape index (κ2) is 4.81. The Morgan fingerprint density at radius 1 is 1.29 bits per heavy atom. The van der Waals surface area contributed by atoms with Crippen molar-refractivity contribution < 1.29 is 9.21 Å². The third kappa shape index (κ3) is 2.71. The summed E-state index contributed by atoms with van der Waals surface area (Å²) >= 11 is 5.75. The van der Waals surface area contributed by atoms with Crippen LogP contribution in [0.15, 0.2) is 28.7 Å². The monoisotopic (exact) mass is 253 g/mol. The van der Waals surface area contributed by atoms with Crippen molar-refractivity contribution in [2.75, 3.05) is 5.32 Å². The highest BCUT2D eigenvalue weighted by Crippen LogP contribution is 2.21. The highest BCUT2D eigenvalue weighted by atomic mass is 35.5. The minimum atomic E-state index is -0.642. The van der Waals surface area contributed by atoms with Crippen LogP contribution in [0.4, 0.5) is 10.8 Å². The number of rotatable bonds is 2. The average molecular weight is 254 g/mol. The number of hydrogen-bond donors (Lipinski definition) is 3. The quantitative estimate of drug-likeness (QED) is 0.426. The van der Waals surface area contributed by atoms with Gasteiger partial charge in [-0.3, -0.25) is 10.7 Å². The van der Waals surface area contributed by atoms with Crippen molar-refractivity contribution in [3.05, 3.63) is 29.3 Å².